The Balaban J connectivity index is 2.81. The fourth-order valence-corrected chi connectivity index (χ4v) is 2.20. The molecule has 2 N–H and O–H groups in total. The molecule has 3 heteroatoms. The highest BCUT2D eigenvalue weighted by Crippen LogP contribution is 2.21. The number of anilines is 1. The van der Waals surface area contributed by atoms with Gasteiger partial charge in [0, 0.05) is 25.3 Å². The number of nitrogens with one attached hydrogen (secondary N) is 1. The van der Waals surface area contributed by atoms with Gasteiger partial charge in [0.2, 0.25) is 0 Å². The van der Waals surface area contributed by atoms with Gasteiger partial charge >= 0.3 is 0 Å². The van der Waals surface area contributed by atoms with E-state index in [0.29, 0.717) is 6.54 Å². The van der Waals surface area contributed by atoms with Crippen molar-refractivity contribution >= 4 is 5.69 Å². The molecule has 0 radical (unpaired) electrons. The molecule has 3 nitrogen and oxygen atoms in total. The SMILES string of the molecule is CCCN(CCO)c1ccc(CNCC)cc1C. The van der Waals surface area contributed by atoms with Gasteiger partial charge in [0.1, 0.15) is 0 Å². The van der Waals surface area contributed by atoms with Crippen molar-refractivity contribution in [1.82, 2.24) is 5.32 Å². The number of aryl methyl sites for hydroxylation is 1. The molecule has 0 aromatic heterocycles. The molecule has 0 aliphatic carbocycles. The first-order chi connectivity index (χ1) is 8.72. The molecule has 0 saturated carbocycles. The van der Waals surface area contributed by atoms with Crippen LogP contribution in [0.4, 0.5) is 5.69 Å². The largest absolute Gasteiger partial charge is 0.395 e. The van der Waals surface area contributed by atoms with Crippen LogP contribution in [0.15, 0.2) is 18.2 Å². The quantitative estimate of drug-likeness (QED) is 0.743. The third-order valence-electron chi connectivity index (χ3n) is 3.04. The summed E-state index contributed by atoms with van der Waals surface area (Å²) < 4.78 is 0. The Morgan fingerprint density at radius 2 is 2.00 bits per heavy atom. The van der Waals surface area contributed by atoms with Gasteiger partial charge in [-0.2, -0.15) is 0 Å². The van der Waals surface area contributed by atoms with Crippen molar-refractivity contribution in [3.05, 3.63) is 29.3 Å². The second kappa shape index (κ2) is 8.11. The summed E-state index contributed by atoms with van der Waals surface area (Å²) in [4.78, 5) is 2.26. The molecule has 0 bridgehead atoms. The lowest BCUT2D eigenvalue weighted by Gasteiger charge is -2.25. The van der Waals surface area contributed by atoms with Gasteiger partial charge in [0.25, 0.3) is 0 Å². The van der Waals surface area contributed by atoms with Gasteiger partial charge in [-0.15, -0.1) is 0 Å². The molecule has 18 heavy (non-hydrogen) atoms. The normalized spacial score (nSPS) is 10.7. The molecule has 0 unspecified atom stereocenters. The van der Waals surface area contributed by atoms with Crippen LogP contribution in [-0.4, -0.2) is 31.3 Å². The predicted molar refractivity (Wildman–Crippen MR) is 78.1 cm³/mol. The molecule has 0 aliphatic heterocycles. The molecule has 1 rings (SSSR count). The van der Waals surface area contributed by atoms with E-state index in [1.165, 1.54) is 16.8 Å². The summed E-state index contributed by atoms with van der Waals surface area (Å²) in [6, 6.07) is 6.58. The highest BCUT2D eigenvalue weighted by Gasteiger charge is 2.08. The van der Waals surface area contributed by atoms with Gasteiger partial charge in [-0.05, 0) is 37.1 Å². The second-order valence-electron chi connectivity index (χ2n) is 4.61. The van der Waals surface area contributed by atoms with Crippen molar-refractivity contribution in [3.8, 4) is 0 Å². The van der Waals surface area contributed by atoms with Crippen molar-refractivity contribution < 1.29 is 5.11 Å². The number of benzene rings is 1. The van der Waals surface area contributed by atoms with Gasteiger partial charge in [-0.25, -0.2) is 0 Å². The smallest absolute Gasteiger partial charge is 0.0606 e. The monoisotopic (exact) mass is 250 g/mol. The first-order valence-corrected chi connectivity index (χ1v) is 6.89. The molecular weight excluding hydrogens is 224 g/mol. The van der Waals surface area contributed by atoms with Gasteiger partial charge in [0.15, 0.2) is 0 Å². The minimum absolute atomic E-state index is 0.207. The highest BCUT2D eigenvalue weighted by molar-refractivity contribution is 5.54. The van der Waals surface area contributed by atoms with Crippen LogP contribution in [0.2, 0.25) is 0 Å². The van der Waals surface area contributed by atoms with E-state index in [2.05, 4.69) is 49.2 Å². The van der Waals surface area contributed by atoms with Crippen LogP contribution in [-0.2, 0) is 6.54 Å². The van der Waals surface area contributed by atoms with Gasteiger partial charge in [-0.3, -0.25) is 0 Å². The fourth-order valence-electron chi connectivity index (χ4n) is 2.20. The van der Waals surface area contributed by atoms with Crippen LogP contribution in [0, 0.1) is 6.92 Å². The Morgan fingerprint density at radius 3 is 2.56 bits per heavy atom. The lowest BCUT2D eigenvalue weighted by molar-refractivity contribution is 0.302. The predicted octanol–water partition coefficient (Wildman–Crippen LogP) is 2.31. The van der Waals surface area contributed by atoms with E-state index in [1.807, 2.05) is 0 Å². The summed E-state index contributed by atoms with van der Waals surface area (Å²) in [6.07, 6.45) is 1.10. The molecule has 0 atom stereocenters. The standard InChI is InChI=1S/C15H26N2O/c1-4-8-17(9-10-18)15-7-6-14(11-13(15)3)12-16-5-2/h6-7,11,16,18H,4-5,8-10,12H2,1-3H3. The van der Waals surface area contributed by atoms with Crippen molar-refractivity contribution in [2.75, 3.05) is 31.1 Å². The van der Waals surface area contributed by atoms with E-state index >= 15 is 0 Å². The summed E-state index contributed by atoms with van der Waals surface area (Å²) >= 11 is 0. The van der Waals surface area contributed by atoms with Gasteiger partial charge in [-0.1, -0.05) is 26.0 Å². The summed E-state index contributed by atoms with van der Waals surface area (Å²) in [5.74, 6) is 0. The van der Waals surface area contributed by atoms with Gasteiger partial charge in [0.05, 0.1) is 6.61 Å². The second-order valence-corrected chi connectivity index (χ2v) is 4.61. The van der Waals surface area contributed by atoms with Crippen LogP contribution in [0.1, 0.15) is 31.4 Å². The summed E-state index contributed by atoms with van der Waals surface area (Å²) in [6.45, 7) is 10.3. The van der Waals surface area contributed by atoms with Crippen molar-refractivity contribution in [2.45, 2.75) is 33.7 Å². The number of hydrogen-bond donors (Lipinski definition) is 2. The Hall–Kier alpha value is -1.06. The maximum Gasteiger partial charge on any atom is 0.0606 e. The Morgan fingerprint density at radius 1 is 1.22 bits per heavy atom. The molecule has 0 heterocycles. The van der Waals surface area contributed by atoms with Crippen LogP contribution in [0.3, 0.4) is 0 Å². The third kappa shape index (κ3) is 4.31. The minimum Gasteiger partial charge on any atom is -0.395 e. The third-order valence-corrected chi connectivity index (χ3v) is 3.04. The zero-order chi connectivity index (χ0) is 13.4. The molecule has 1 aromatic carbocycles. The number of rotatable bonds is 8. The molecule has 0 fully saturated rings. The summed E-state index contributed by atoms with van der Waals surface area (Å²) in [5, 5.41) is 12.5. The van der Waals surface area contributed by atoms with Crippen LogP contribution >= 0.6 is 0 Å². The molecule has 0 spiro atoms. The highest BCUT2D eigenvalue weighted by atomic mass is 16.3. The van der Waals surface area contributed by atoms with E-state index in [-0.39, 0.29) is 6.61 Å². The molecule has 1 aromatic rings. The minimum atomic E-state index is 0.207. The van der Waals surface area contributed by atoms with Crippen molar-refractivity contribution in [2.24, 2.45) is 0 Å². The average Bonchev–Trinajstić information content (AvgIpc) is 2.36. The summed E-state index contributed by atoms with van der Waals surface area (Å²) in [7, 11) is 0. The van der Waals surface area contributed by atoms with E-state index in [4.69, 9.17) is 5.11 Å². The van der Waals surface area contributed by atoms with Crippen LogP contribution < -0.4 is 10.2 Å². The van der Waals surface area contributed by atoms with Crippen LogP contribution in [0.5, 0.6) is 0 Å². The van der Waals surface area contributed by atoms with Gasteiger partial charge < -0.3 is 15.3 Å². The first kappa shape index (κ1) is 15.0. The fraction of sp³-hybridized carbons (Fsp3) is 0.600. The topological polar surface area (TPSA) is 35.5 Å². The molecular formula is C15H26N2O. The lowest BCUT2D eigenvalue weighted by Crippen LogP contribution is -2.28. The van der Waals surface area contributed by atoms with Crippen molar-refractivity contribution in [3.63, 3.8) is 0 Å². The van der Waals surface area contributed by atoms with E-state index < -0.39 is 0 Å². The first-order valence-electron chi connectivity index (χ1n) is 6.89. The molecule has 0 amide bonds. The molecule has 102 valence electrons. The van der Waals surface area contributed by atoms with Crippen LogP contribution in [0.25, 0.3) is 0 Å². The number of aliphatic hydroxyl groups excluding tert-OH is 1. The molecule has 0 aliphatic rings. The Kier molecular flexibility index (Phi) is 6.76. The number of nitrogens with zero attached hydrogens (tertiary/aromatic N) is 1. The maximum atomic E-state index is 9.13. The van der Waals surface area contributed by atoms with E-state index in [1.54, 1.807) is 0 Å². The van der Waals surface area contributed by atoms with E-state index in [0.717, 1.165) is 26.1 Å². The summed E-state index contributed by atoms with van der Waals surface area (Å²) in [5.41, 5.74) is 3.84. The van der Waals surface area contributed by atoms with E-state index in [9.17, 15) is 0 Å². The lowest BCUT2D eigenvalue weighted by atomic mass is 10.1. The Bertz CT molecular complexity index is 346. The number of aliphatic hydroxyl groups is 1. The number of hydrogen-bond acceptors (Lipinski definition) is 3. The zero-order valence-electron chi connectivity index (χ0n) is 11.9. The zero-order valence-corrected chi connectivity index (χ0v) is 11.9. The Labute approximate surface area is 111 Å². The average molecular weight is 250 g/mol. The molecule has 0 saturated heterocycles. The van der Waals surface area contributed by atoms with Crippen molar-refractivity contribution in [1.29, 1.82) is 0 Å². The maximum absolute atomic E-state index is 9.13.